The molecule has 7 heteroatoms. The summed E-state index contributed by atoms with van der Waals surface area (Å²) in [6.45, 7) is 5.28. The van der Waals surface area contributed by atoms with Crippen molar-refractivity contribution in [3.8, 4) is 16.9 Å². The predicted molar refractivity (Wildman–Crippen MR) is 123 cm³/mol. The maximum atomic E-state index is 11.2. The molecular formula is C23H26N4O2S. The van der Waals surface area contributed by atoms with Crippen molar-refractivity contribution in [2.75, 3.05) is 24.7 Å². The van der Waals surface area contributed by atoms with Gasteiger partial charge < -0.3 is 16.2 Å². The molecule has 0 atom stereocenters. The van der Waals surface area contributed by atoms with E-state index in [4.69, 9.17) is 16.2 Å². The zero-order valence-electron chi connectivity index (χ0n) is 16.8. The lowest BCUT2D eigenvalue weighted by atomic mass is 9.87. The first-order chi connectivity index (χ1) is 14.5. The van der Waals surface area contributed by atoms with E-state index in [-0.39, 0.29) is 11.3 Å². The van der Waals surface area contributed by atoms with E-state index in [1.54, 1.807) is 5.41 Å². The molecule has 2 aromatic carbocycles. The Kier molecular flexibility index (Phi) is 5.83. The van der Waals surface area contributed by atoms with Crippen LogP contribution in [0.3, 0.4) is 0 Å². The number of ether oxygens (including phenoxy) is 1. The number of piperidine rings is 1. The van der Waals surface area contributed by atoms with Crippen LogP contribution in [0.5, 0.6) is 5.75 Å². The number of benzene rings is 2. The number of carbonyl (C=O) groups excluding carboxylic acids is 1. The van der Waals surface area contributed by atoms with Gasteiger partial charge >= 0.3 is 0 Å². The number of amides is 1. The lowest BCUT2D eigenvalue weighted by molar-refractivity contribution is -0.114. The molecule has 2 aliphatic heterocycles. The molecular weight excluding hydrogens is 396 g/mol. The molecule has 0 aliphatic carbocycles. The molecule has 30 heavy (non-hydrogen) atoms. The molecule has 2 aromatic rings. The number of hydrogen-bond acceptors (Lipinski definition) is 6. The Morgan fingerprint density at radius 1 is 1.20 bits per heavy atom. The van der Waals surface area contributed by atoms with Crippen LogP contribution in [0.1, 0.15) is 18.4 Å². The van der Waals surface area contributed by atoms with E-state index in [0.717, 1.165) is 55.2 Å². The third kappa shape index (κ3) is 4.37. The van der Waals surface area contributed by atoms with Gasteiger partial charge in [0.1, 0.15) is 17.0 Å². The molecule has 4 rings (SSSR count). The van der Waals surface area contributed by atoms with Gasteiger partial charge in [0.25, 0.3) is 5.91 Å². The molecule has 0 radical (unpaired) electrons. The van der Waals surface area contributed by atoms with Gasteiger partial charge in [-0.2, -0.15) is 0 Å². The number of primary amides is 1. The first-order valence-corrected chi connectivity index (χ1v) is 11.0. The Balaban J connectivity index is 1.36. The number of carbonyl (C=O) groups is 1. The van der Waals surface area contributed by atoms with Crippen LogP contribution in [0.25, 0.3) is 11.1 Å². The van der Waals surface area contributed by atoms with Crippen molar-refractivity contribution < 1.29 is 9.53 Å². The number of hydrogen-bond donors (Lipinski definition) is 2. The summed E-state index contributed by atoms with van der Waals surface area (Å²) in [5.41, 5.74) is 15.6. The average molecular weight is 423 g/mol. The highest BCUT2D eigenvalue weighted by Crippen LogP contribution is 2.42. The summed E-state index contributed by atoms with van der Waals surface area (Å²) >= 11 is 1.52. The highest BCUT2D eigenvalue weighted by Gasteiger charge is 2.41. The Hall–Kier alpha value is -2.77. The number of fused-ring (bicyclic) bond motifs is 1. The van der Waals surface area contributed by atoms with Crippen LogP contribution in [-0.4, -0.2) is 42.1 Å². The number of rotatable bonds is 6. The van der Waals surface area contributed by atoms with E-state index in [1.165, 1.54) is 22.9 Å². The van der Waals surface area contributed by atoms with E-state index in [1.807, 2.05) is 12.1 Å². The molecule has 1 spiro atoms. The average Bonchev–Trinajstić information content (AvgIpc) is 3.10. The molecule has 0 aromatic heterocycles. The maximum absolute atomic E-state index is 11.2. The largest absolute Gasteiger partial charge is 0.487 e. The molecule has 0 unspecified atom stereocenters. The molecule has 0 bridgehead atoms. The van der Waals surface area contributed by atoms with Crippen LogP contribution in [0.4, 0.5) is 5.69 Å². The summed E-state index contributed by atoms with van der Waals surface area (Å²) in [5, 5.41) is 1.68. The fourth-order valence-electron chi connectivity index (χ4n) is 4.05. The monoisotopic (exact) mass is 422 g/mol. The molecule has 2 heterocycles. The van der Waals surface area contributed by atoms with Gasteiger partial charge in [-0.3, -0.25) is 14.7 Å². The zero-order chi connectivity index (χ0) is 21.1. The minimum absolute atomic E-state index is 0.111. The topological polar surface area (TPSA) is 93.9 Å². The Morgan fingerprint density at radius 3 is 2.57 bits per heavy atom. The van der Waals surface area contributed by atoms with Crippen molar-refractivity contribution in [2.24, 2.45) is 10.7 Å². The van der Waals surface area contributed by atoms with Gasteiger partial charge in [0.15, 0.2) is 0 Å². The number of nitrogens with zero attached hydrogens (tertiary/aromatic N) is 2. The van der Waals surface area contributed by atoms with Crippen LogP contribution in [0.15, 0.2) is 58.6 Å². The second-order valence-electron chi connectivity index (χ2n) is 7.85. The molecule has 156 valence electrons. The number of nitrogen functional groups attached to an aromatic ring is 1. The second kappa shape index (κ2) is 8.53. The molecule has 2 aliphatic rings. The normalized spacial score (nSPS) is 18.1. The molecule has 1 fully saturated rings. The minimum Gasteiger partial charge on any atom is -0.487 e. The SMILES string of the molecule is C=N/C(=C\SCN1CCC2(CC1)Cc1cc(-c3ccc(N)cc3)ccc1O2)C(N)=O. The maximum Gasteiger partial charge on any atom is 0.267 e. The van der Waals surface area contributed by atoms with E-state index < -0.39 is 5.91 Å². The molecule has 4 N–H and O–H groups in total. The third-order valence-corrected chi connectivity index (χ3v) is 6.69. The summed E-state index contributed by atoms with van der Waals surface area (Å²) in [4.78, 5) is 17.2. The highest BCUT2D eigenvalue weighted by molar-refractivity contribution is 8.02. The lowest BCUT2D eigenvalue weighted by Crippen LogP contribution is -2.47. The quantitative estimate of drug-likeness (QED) is 0.423. The fourth-order valence-corrected chi connectivity index (χ4v) is 4.94. The van der Waals surface area contributed by atoms with Crippen molar-refractivity contribution in [3.63, 3.8) is 0 Å². The zero-order valence-corrected chi connectivity index (χ0v) is 17.7. The van der Waals surface area contributed by atoms with Gasteiger partial charge in [-0.15, -0.1) is 11.8 Å². The standard InChI is InChI=1S/C23H26N4O2S/c1-26-20(22(25)28)14-30-15-27-10-8-23(9-11-27)13-18-12-17(4-7-21(18)29-23)16-2-5-19(24)6-3-16/h2-7,12,14H,1,8-11,13,15,24H2,(H2,25,28)/b20-14-. The lowest BCUT2D eigenvalue weighted by Gasteiger charge is -2.38. The van der Waals surface area contributed by atoms with Crippen LogP contribution in [0, 0.1) is 0 Å². The van der Waals surface area contributed by atoms with Crippen LogP contribution in [-0.2, 0) is 11.2 Å². The van der Waals surface area contributed by atoms with Crippen molar-refractivity contribution >= 4 is 30.1 Å². The van der Waals surface area contributed by atoms with Crippen molar-refractivity contribution in [2.45, 2.75) is 24.9 Å². The van der Waals surface area contributed by atoms with E-state index in [0.29, 0.717) is 0 Å². The molecule has 6 nitrogen and oxygen atoms in total. The van der Waals surface area contributed by atoms with Gasteiger partial charge in [0.05, 0.1) is 0 Å². The Bertz CT molecular complexity index is 979. The molecule has 0 saturated carbocycles. The fraction of sp³-hybridized carbons (Fsp3) is 0.304. The van der Waals surface area contributed by atoms with Crippen LogP contribution < -0.4 is 16.2 Å². The van der Waals surface area contributed by atoms with Gasteiger partial charge in [-0.05, 0) is 47.7 Å². The second-order valence-corrected chi connectivity index (χ2v) is 8.67. The van der Waals surface area contributed by atoms with Crippen LogP contribution >= 0.6 is 11.8 Å². The molecule has 1 amide bonds. The van der Waals surface area contributed by atoms with Gasteiger partial charge in [0.2, 0.25) is 0 Å². The summed E-state index contributed by atoms with van der Waals surface area (Å²) < 4.78 is 6.44. The number of nitrogens with two attached hydrogens (primary N) is 2. The van der Waals surface area contributed by atoms with Gasteiger partial charge in [-0.1, -0.05) is 18.2 Å². The van der Waals surface area contributed by atoms with Gasteiger partial charge in [-0.25, -0.2) is 0 Å². The smallest absolute Gasteiger partial charge is 0.267 e. The number of anilines is 1. The van der Waals surface area contributed by atoms with Crippen molar-refractivity contribution in [1.29, 1.82) is 0 Å². The summed E-state index contributed by atoms with van der Waals surface area (Å²) in [6, 6.07) is 14.4. The van der Waals surface area contributed by atoms with E-state index >= 15 is 0 Å². The van der Waals surface area contributed by atoms with E-state index in [2.05, 4.69) is 46.9 Å². The summed E-state index contributed by atoms with van der Waals surface area (Å²) in [6.07, 6.45) is 2.90. The molecule has 1 saturated heterocycles. The van der Waals surface area contributed by atoms with Crippen LogP contribution in [0.2, 0.25) is 0 Å². The Morgan fingerprint density at radius 2 is 1.90 bits per heavy atom. The minimum atomic E-state index is -0.550. The van der Waals surface area contributed by atoms with Crippen molar-refractivity contribution in [3.05, 3.63) is 59.1 Å². The Labute approximate surface area is 181 Å². The predicted octanol–water partition coefficient (Wildman–Crippen LogP) is 3.42. The summed E-state index contributed by atoms with van der Waals surface area (Å²) in [7, 11) is 0. The number of likely N-dealkylation sites (tertiary alicyclic amines) is 1. The number of thioether (sulfide) groups is 1. The summed E-state index contributed by atoms with van der Waals surface area (Å²) in [5.74, 6) is 1.24. The number of aliphatic imine (C=N–C) groups is 1. The first-order valence-electron chi connectivity index (χ1n) is 9.96. The third-order valence-electron chi connectivity index (χ3n) is 5.79. The van der Waals surface area contributed by atoms with Crippen molar-refractivity contribution in [1.82, 2.24) is 4.90 Å². The first kappa shape index (κ1) is 20.5. The highest BCUT2D eigenvalue weighted by atomic mass is 32.2. The van der Waals surface area contributed by atoms with Gasteiger partial charge in [0, 0.05) is 49.3 Å². The van der Waals surface area contributed by atoms with E-state index in [9.17, 15) is 4.79 Å².